The van der Waals surface area contributed by atoms with Gasteiger partial charge in [0.25, 0.3) is 5.91 Å². The summed E-state index contributed by atoms with van der Waals surface area (Å²) in [6, 6.07) is 3.57. The summed E-state index contributed by atoms with van der Waals surface area (Å²) in [5.74, 6) is 1.61. The Morgan fingerprint density at radius 1 is 1.33 bits per heavy atom. The first-order chi connectivity index (χ1) is 11.7. The Hall–Kier alpha value is -2.90. The molecule has 0 aromatic carbocycles. The minimum Gasteiger partial charge on any atom is -0.361 e. The third kappa shape index (κ3) is 2.82. The van der Waals surface area contributed by atoms with Crippen LogP contribution in [0.25, 0.3) is 0 Å². The first-order valence-electron chi connectivity index (χ1n) is 7.89. The number of carbonyl (C=O) groups excluding carboxylic acids is 1. The van der Waals surface area contributed by atoms with Crippen molar-refractivity contribution in [2.75, 3.05) is 6.54 Å². The molecule has 0 bridgehead atoms. The Bertz CT molecular complexity index is 835. The van der Waals surface area contributed by atoms with E-state index in [-0.39, 0.29) is 11.8 Å². The molecule has 0 fully saturated rings. The van der Waals surface area contributed by atoms with Gasteiger partial charge in [0, 0.05) is 56.4 Å². The quantitative estimate of drug-likeness (QED) is 0.725. The molecule has 0 spiro atoms. The second-order valence-electron chi connectivity index (χ2n) is 6.10. The van der Waals surface area contributed by atoms with Gasteiger partial charge in [-0.25, -0.2) is 4.98 Å². The molecule has 1 aliphatic rings. The second-order valence-corrected chi connectivity index (χ2v) is 6.10. The predicted octanol–water partition coefficient (Wildman–Crippen LogP) is 1.35. The number of fused-ring (bicyclic) bond motifs is 1. The van der Waals surface area contributed by atoms with Crippen molar-refractivity contribution in [1.82, 2.24) is 29.4 Å². The fourth-order valence-electron chi connectivity index (χ4n) is 3.11. The maximum atomic E-state index is 12.8. The molecule has 8 heteroatoms. The van der Waals surface area contributed by atoms with Crippen molar-refractivity contribution >= 4 is 5.91 Å². The molecule has 0 saturated heterocycles. The number of nitrogens with zero attached hydrogens (tertiary/aromatic N) is 6. The lowest BCUT2D eigenvalue weighted by Gasteiger charge is -2.23. The van der Waals surface area contributed by atoms with Gasteiger partial charge in [0.15, 0.2) is 5.69 Å². The van der Waals surface area contributed by atoms with Crippen LogP contribution in [0.4, 0.5) is 0 Å². The van der Waals surface area contributed by atoms with Crippen molar-refractivity contribution in [1.29, 1.82) is 0 Å². The highest BCUT2D eigenvalue weighted by Gasteiger charge is 2.28. The summed E-state index contributed by atoms with van der Waals surface area (Å²) in [5, 5.41) is 8.13. The van der Waals surface area contributed by atoms with E-state index in [1.54, 1.807) is 30.3 Å². The predicted molar refractivity (Wildman–Crippen MR) is 83.9 cm³/mol. The summed E-state index contributed by atoms with van der Waals surface area (Å²) in [6.45, 7) is 4.41. The monoisotopic (exact) mass is 326 g/mol. The minimum absolute atomic E-state index is 0.131. The van der Waals surface area contributed by atoms with Gasteiger partial charge in [-0.1, -0.05) is 5.16 Å². The number of hydrogen-bond donors (Lipinski definition) is 0. The smallest absolute Gasteiger partial charge is 0.276 e. The van der Waals surface area contributed by atoms with Crippen LogP contribution in [0, 0.1) is 12.8 Å². The zero-order chi connectivity index (χ0) is 16.5. The van der Waals surface area contributed by atoms with Crippen molar-refractivity contribution in [2.45, 2.75) is 26.6 Å². The van der Waals surface area contributed by atoms with E-state index in [1.165, 1.54) is 0 Å². The Morgan fingerprint density at radius 3 is 3.00 bits per heavy atom. The molecule has 1 aliphatic heterocycles. The summed E-state index contributed by atoms with van der Waals surface area (Å²) in [4.78, 5) is 19.0. The van der Waals surface area contributed by atoms with Gasteiger partial charge >= 0.3 is 0 Å². The first-order valence-corrected chi connectivity index (χ1v) is 7.89. The number of imidazole rings is 1. The van der Waals surface area contributed by atoms with Gasteiger partial charge in [-0.05, 0) is 13.0 Å². The van der Waals surface area contributed by atoms with E-state index in [0.29, 0.717) is 24.5 Å². The van der Waals surface area contributed by atoms with Crippen molar-refractivity contribution in [3.8, 4) is 0 Å². The molecule has 8 nitrogen and oxygen atoms in total. The highest BCUT2D eigenvalue weighted by Crippen LogP contribution is 2.19. The molecule has 24 heavy (non-hydrogen) atoms. The number of carbonyl (C=O) groups is 1. The molecule has 0 saturated carbocycles. The SMILES string of the molecule is Cc1cc(C(=O)N2Cc3nccn3C[C@@H](Cn3cccn3)C2)no1. The molecule has 4 rings (SSSR count). The van der Waals surface area contributed by atoms with Crippen LogP contribution in [-0.2, 0) is 19.6 Å². The maximum Gasteiger partial charge on any atom is 0.276 e. The van der Waals surface area contributed by atoms with Crippen LogP contribution in [0.1, 0.15) is 22.1 Å². The summed E-state index contributed by atoms with van der Waals surface area (Å²) in [5.41, 5.74) is 0.338. The number of amides is 1. The fourth-order valence-corrected chi connectivity index (χ4v) is 3.11. The van der Waals surface area contributed by atoms with Crippen molar-refractivity contribution in [2.24, 2.45) is 5.92 Å². The lowest BCUT2D eigenvalue weighted by Crippen LogP contribution is -2.35. The van der Waals surface area contributed by atoms with Gasteiger partial charge in [0.1, 0.15) is 11.6 Å². The van der Waals surface area contributed by atoms with E-state index in [4.69, 9.17) is 4.52 Å². The van der Waals surface area contributed by atoms with Crippen LogP contribution < -0.4 is 0 Å². The van der Waals surface area contributed by atoms with E-state index < -0.39 is 0 Å². The normalized spacial score (nSPS) is 17.5. The highest BCUT2D eigenvalue weighted by atomic mass is 16.5. The Morgan fingerprint density at radius 2 is 2.25 bits per heavy atom. The molecular weight excluding hydrogens is 308 g/mol. The minimum atomic E-state index is -0.131. The van der Waals surface area contributed by atoms with Crippen LogP contribution in [0.3, 0.4) is 0 Å². The zero-order valence-electron chi connectivity index (χ0n) is 13.4. The molecule has 0 aliphatic carbocycles. The number of rotatable bonds is 3. The number of aryl methyl sites for hydroxylation is 1. The molecule has 124 valence electrons. The lowest BCUT2D eigenvalue weighted by atomic mass is 10.1. The molecule has 1 amide bonds. The topological polar surface area (TPSA) is 82.0 Å². The number of hydrogen-bond acceptors (Lipinski definition) is 5. The average Bonchev–Trinajstić information content (AvgIpc) is 3.28. The molecule has 3 aromatic heterocycles. The van der Waals surface area contributed by atoms with Crippen LogP contribution in [-0.4, -0.2) is 41.8 Å². The first kappa shape index (κ1) is 14.7. The molecular formula is C16H18N6O2. The van der Waals surface area contributed by atoms with Crippen LogP contribution in [0.2, 0.25) is 0 Å². The molecule has 0 radical (unpaired) electrons. The van der Waals surface area contributed by atoms with Crippen LogP contribution in [0.15, 0.2) is 41.4 Å². The standard InChI is InChI=1S/C16H18N6O2/c1-12-7-14(19-24-12)16(23)21-9-13(10-22-5-2-3-18-22)8-20-6-4-17-15(20)11-21/h2-7,13H,8-11H2,1H3/t13-/m1/s1. The molecule has 4 heterocycles. The number of aromatic nitrogens is 5. The average molecular weight is 326 g/mol. The third-order valence-electron chi connectivity index (χ3n) is 4.21. The van der Waals surface area contributed by atoms with Gasteiger partial charge in [0.2, 0.25) is 0 Å². The van der Waals surface area contributed by atoms with E-state index in [1.807, 2.05) is 23.1 Å². The summed E-state index contributed by atoms with van der Waals surface area (Å²) in [6.07, 6.45) is 7.43. The molecule has 0 unspecified atom stereocenters. The van der Waals surface area contributed by atoms with Gasteiger partial charge in [-0.3, -0.25) is 9.48 Å². The lowest BCUT2D eigenvalue weighted by molar-refractivity contribution is 0.0702. The van der Waals surface area contributed by atoms with Gasteiger partial charge < -0.3 is 14.0 Å². The van der Waals surface area contributed by atoms with Gasteiger partial charge in [-0.2, -0.15) is 5.10 Å². The van der Waals surface area contributed by atoms with Crippen molar-refractivity contribution in [3.05, 3.63) is 54.2 Å². The maximum absolute atomic E-state index is 12.8. The molecule has 3 aromatic rings. The molecule has 0 N–H and O–H groups in total. The van der Waals surface area contributed by atoms with Crippen molar-refractivity contribution in [3.63, 3.8) is 0 Å². The summed E-state index contributed by atoms with van der Waals surface area (Å²) < 4.78 is 9.05. The highest BCUT2D eigenvalue weighted by molar-refractivity contribution is 5.92. The van der Waals surface area contributed by atoms with E-state index in [9.17, 15) is 4.79 Å². The van der Waals surface area contributed by atoms with Crippen LogP contribution >= 0.6 is 0 Å². The largest absolute Gasteiger partial charge is 0.361 e. The summed E-state index contributed by atoms with van der Waals surface area (Å²) >= 11 is 0. The van der Waals surface area contributed by atoms with Gasteiger partial charge in [-0.15, -0.1) is 0 Å². The Labute approximate surface area is 138 Å². The van der Waals surface area contributed by atoms with E-state index >= 15 is 0 Å². The third-order valence-corrected chi connectivity index (χ3v) is 4.21. The Kier molecular flexibility index (Phi) is 3.64. The second kappa shape index (κ2) is 5.95. The zero-order valence-corrected chi connectivity index (χ0v) is 13.4. The van der Waals surface area contributed by atoms with Crippen LogP contribution in [0.5, 0.6) is 0 Å². The fraction of sp³-hybridized carbons (Fsp3) is 0.375. The summed E-state index contributed by atoms with van der Waals surface area (Å²) in [7, 11) is 0. The van der Waals surface area contributed by atoms with E-state index in [2.05, 4.69) is 19.8 Å². The molecule has 1 atom stereocenters. The van der Waals surface area contributed by atoms with E-state index in [0.717, 1.165) is 18.9 Å². The Balaban J connectivity index is 1.60. The van der Waals surface area contributed by atoms with Gasteiger partial charge in [0.05, 0.1) is 6.54 Å². The van der Waals surface area contributed by atoms with Crippen molar-refractivity contribution < 1.29 is 9.32 Å².